The van der Waals surface area contributed by atoms with Crippen LogP contribution in [0.15, 0.2) is 0 Å². The second-order valence-electron chi connectivity index (χ2n) is 8.71. The van der Waals surface area contributed by atoms with Gasteiger partial charge in [-0.15, -0.1) is 0 Å². The normalized spacial score (nSPS) is 22.3. The van der Waals surface area contributed by atoms with Crippen molar-refractivity contribution in [2.45, 2.75) is 97.8 Å². The Morgan fingerprint density at radius 2 is 0.593 bits per heavy atom. The summed E-state index contributed by atoms with van der Waals surface area (Å²) in [6.07, 6.45) is 16.9. The Morgan fingerprint density at radius 3 is 0.852 bits per heavy atom. The number of nitrogens with zero attached hydrogens (tertiary/aromatic N) is 3. The van der Waals surface area contributed by atoms with Gasteiger partial charge in [-0.1, -0.05) is 40.0 Å². The maximum atomic E-state index is 2.60. The molecule has 0 radical (unpaired) electrons. The van der Waals surface area contributed by atoms with Gasteiger partial charge in [0.05, 0.1) is 0 Å². The van der Waals surface area contributed by atoms with Crippen molar-refractivity contribution in [3.8, 4) is 0 Å². The van der Waals surface area contributed by atoms with Crippen molar-refractivity contribution >= 4 is 0 Å². The van der Waals surface area contributed by atoms with Crippen LogP contribution in [0.3, 0.4) is 0 Å². The van der Waals surface area contributed by atoms with Gasteiger partial charge in [-0.05, 0) is 117 Å². The Kier molecular flexibility index (Phi) is 16.6. The fourth-order valence-electron chi connectivity index (χ4n) is 4.50. The topological polar surface area (TPSA) is 9.72 Å². The number of hydrogen-bond donors (Lipinski definition) is 0. The molecule has 3 fully saturated rings. The van der Waals surface area contributed by atoms with Crippen molar-refractivity contribution in [2.75, 3.05) is 58.9 Å². The predicted molar refractivity (Wildman–Crippen MR) is 122 cm³/mol. The van der Waals surface area contributed by atoms with Gasteiger partial charge >= 0.3 is 0 Å². The second-order valence-corrected chi connectivity index (χ2v) is 8.71. The average Bonchev–Trinajstić information content (AvgIpc) is 3.07. The average molecular weight is 382 g/mol. The molecule has 162 valence electrons. The summed E-state index contributed by atoms with van der Waals surface area (Å²) in [5.41, 5.74) is 0. The summed E-state index contributed by atoms with van der Waals surface area (Å²) >= 11 is 0. The van der Waals surface area contributed by atoms with E-state index in [0.717, 1.165) is 0 Å². The van der Waals surface area contributed by atoms with Crippen molar-refractivity contribution in [3.05, 3.63) is 0 Å². The van der Waals surface area contributed by atoms with E-state index in [1.807, 2.05) is 0 Å². The highest BCUT2D eigenvalue weighted by Crippen LogP contribution is 2.09. The van der Waals surface area contributed by atoms with E-state index in [-0.39, 0.29) is 0 Å². The lowest BCUT2D eigenvalue weighted by Crippen LogP contribution is -2.30. The van der Waals surface area contributed by atoms with E-state index in [1.54, 1.807) is 0 Å². The summed E-state index contributed by atoms with van der Waals surface area (Å²) < 4.78 is 0. The molecule has 3 heteroatoms. The number of hydrogen-bond acceptors (Lipinski definition) is 3. The van der Waals surface area contributed by atoms with Gasteiger partial charge in [0.25, 0.3) is 0 Å². The molecule has 0 aromatic rings. The highest BCUT2D eigenvalue weighted by Gasteiger charge is 2.09. The first-order valence-electron chi connectivity index (χ1n) is 12.5. The molecule has 3 rings (SSSR count). The molecular formula is C24H51N3. The van der Waals surface area contributed by atoms with E-state index >= 15 is 0 Å². The number of rotatable bonds is 6. The van der Waals surface area contributed by atoms with Gasteiger partial charge in [0, 0.05) is 0 Å². The maximum absolute atomic E-state index is 2.60. The highest BCUT2D eigenvalue weighted by molar-refractivity contribution is 4.64. The molecule has 0 aromatic carbocycles. The summed E-state index contributed by atoms with van der Waals surface area (Å²) in [5, 5.41) is 0. The molecule has 27 heavy (non-hydrogen) atoms. The molecule has 3 aliphatic rings. The molecule has 0 aromatic heterocycles. The Balaban J connectivity index is 0.000000204. The van der Waals surface area contributed by atoms with E-state index in [4.69, 9.17) is 0 Å². The van der Waals surface area contributed by atoms with Crippen LogP contribution in [0.5, 0.6) is 0 Å². The van der Waals surface area contributed by atoms with Crippen LogP contribution in [-0.4, -0.2) is 73.6 Å². The van der Waals surface area contributed by atoms with Gasteiger partial charge in [0.2, 0.25) is 0 Å². The van der Waals surface area contributed by atoms with Gasteiger partial charge in [-0.25, -0.2) is 0 Å². The minimum atomic E-state index is 1.32. The number of piperidine rings is 1. The van der Waals surface area contributed by atoms with Gasteiger partial charge in [-0.2, -0.15) is 0 Å². The van der Waals surface area contributed by atoms with Crippen LogP contribution < -0.4 is 0 Å². The second kappa shape index (κ2) is 17.9. The van der Waals surface area contributed by atoms with Crippen LogP contribution in [0.4, 0.5) is 0 Å². The van der Waals surface area contributed by atoms with Crippen molar-refractivity contribution in [1.29, 1.82) is 0 Å². The molecule has 3 heterocycles. The number of likely N-dealkylation sites (tertiary alicyclic amines) is 3. The first kappa shape index (κ1) is 24.9. The van der Waals surface area contributed by atoms with Crippen LogP contribution >= 0.6 is 0 Å². The fourth-order valence-corrected chi connectivity index (χ4v) is 4.50. The van der Waals surface area contributed by atoms with Crippen molar-refractivity contribution in [1.82, 2.24) is 14.7 Å². The SMILES string of the molecule is CCCN1CCCC1.CCCN1CCCCC1.CCCN1CCCCCC1. The molecule has 0 spiro atoms. The van der Waals surface area contributed by atoms with E-state index in [1.165, 1.54) is 136 Å². The van der Waals surface area contributed by atoms with E-state index in [9.17, 15) is 0 Å². The quantitative estimate of drug-likeness (QED) is 0.589. The molecule has 0 bridgehead atoms. The monoisotopic (exact) mass is 381 g/mol. The standard InChI is InChI=1S/C9H19N.C8H17N.C7H15N/c1-2-7-10-8-5-3-4-6-9-10;1-2-6-9-7-4-3-5-8-9;1-2-5-8-6-3-4-7-8/h2-9H2,1H3;2-8H2,1H3;2-7H2,1H3. The summed E-state index contributed by atoms with van der Waals surface area (Å²) in [6.45, 7) is 18.9. The Morgan fingerprint density at radius 1 is 0.370 bits per heavy atom. The Bertz CT molecular complexity index is 285. The molecule has 0 saturated carbocycles. The maximum Gasteiger partial charge on any atom is -0.00183 e. The van der Waals surface area contributed by atoms with Gasteiger partial charge in [-0.3, -0.25) is 0 Å². The van der Waals surface area contributed by atoms with Crippen LogP contribution in [0.25, 0.3) is 0 Å². The molecule has 0 amide bonds. The van der Waals surface area contributed by atoms with E-state index < -0.39 is 0 Å². The first-order chi connectivity index (χ1) is 13.3. The lowest BCUT2D eigenvalue weighted by Gasteiger charge is -2.25. The zero-order valence-electron chi connectivity index (χ0n) is 19.2. The molecule has 3 aliphatic heterocycles. The van der Waals surface area contributed by atoms with Crippen LogP contribution in [0, 0.1) is 0 Å². The fraction of sp³-hybridized carbons (Fsp3) is 1.00. The summed E-state index contributed by atoms with van der Waals surface area (Å²) in [5.74, 6) is 0. The lowest BCUT2D eigenvalue weighted by molar-refractivity contribution is 0.229. The van der Waals surface area contributed by atoms with Gasteiger partial charge in [0.1, 0.15) is 0 Å². The minimum Gasteiger partial charge on any atom is -0.303 e. The smallest absolute Gasteiger partial charge is 0.00183 e. The predicted octanol–water partition coefficient (Wildman–Crippen LogP) is 5.65. The molecule has 0 N–H and O–H groups in total. The summed E-state index contributed by atoms with van der Waals surface area (Å²) in [7, 11) is 0. The highest BCUT2D eigenvalue weighted by atomic mass is 15.1. The Labute approximate surface area is 171 Å². The van der Waals surface area contributed by atoms with Crippen molar-refractivity contribution < 1.29 is 0 Å². The molecule has 0 unspecified atom stereocenters. The molecular weight excluding hydrogens is 330 g/mol. The van der Waals surface area contributed by atoms with Crippen LogP contribution in [0.1, 0.15) is 97.8 Å². The summed E-state index contributed by atoms with van der Waals surface area (Å²) in [4.78, 5) is 7.72. The molecule has 3 saturated heterocycles. The molecule has 0 atom stereocenters. The Hall–Kier alpha value is -0.120. The first-order valence-corrected chi connectivity index (χ1v) is 12.5. The third-order valence-corrected chi connectivity index (χ3v) is 5.97. The van der Waals surface area contributed by atoms with Crippen molar-refractivity contribution in [2.24, 2.45) is 0 Å². The van der Waals surface area contributed by atoms with E-state index in [0.29, 0.717) is 0 Å². The largest absolute Gasteiger partial charge is 0.303 e. The zero-order chi connectivity index (χ0) is 19.6. The third kappa shape index (κ3) is 13.7. The lowest BCUT2D eigenvalue weighted by atomic mass is 10.1. The van der Waals surface area contributed by atoms with Gasteiger partial charge in [0.15, 0.2) is 0 Å². The zero-order valence-corrected chi connectivity index (χ0v) is 19.2. The summed E-state index contributed by atoms with van der Waals surface area (Å²) in [6, 6.07) is 0. The van der Waals surface area contributed by atoms with Crippen molar-refractivity contribution in [3.63, 3.8) is 0 Å². The third-order valence-electron chi connectivity index (χ3n) is 5.97. The van der Waals surface area contributed by atoms with Crippen LogP contribution in [-0.2, 0) is 0 Å². The van der Waals surface area contributed by atoms with Gasteiger partial charge < -0.3 is 14.7 Å². The molecule has 3 nitrogen and oxygen atoms in total. The van der Waals surface area contributed by atoms with E-state index in [2.05, 4.69) is 35.5 Å². The molecule has 0 aliphatic carbocycles. The minimum absolute atomic E-state index is 1.32. The van der Waals surface area contributed by atoms with Crippen LogP contribution in [0.2, 0.25) is 0 Å².